The number of benzene rings is 2. The van der Waals surface area contributed by atoms with Crippen LogP contribution in [0.15, 0.2) is 46.9 Å². The van der Waals surface area contributed by atoms with Crippen LogP contribution in [-0.2, 0) is 11.3 Å². The number of rotatable bonds is 8. The summed E-state index contributed by atoms with van der Waals surface area (Å²) in [5.41, 5.74) is 6.16. The zero-order valence-corrected chi connectivity index (χ0v) is 22.2. The number of carbonyl (C=O) groups excluding carboxylic acids is 1. The number of ether oxygens (including phenoxy) is 2. The Balaban J connectivity index is 1.64. The minimum atomic E-state index is -0.751. The Hall–Kier alpha value is -3.10. The Labute approximate surface area is 213 Å². The lowest BCUT2D eigenvalue weighted by atomic mass is 10.1. The van der Waals surface area contributed by atoms with E-state index in [4.69, 9.17) is 9.47 Å². The van der Waals surface area contributed by atoms with E-state index in [1.54, 1.807) is 11.6 Å². The van der Waals surface area contributed by atoms with Gasteiger partial charge < -0.3 is 19.1 Å². The van der Waals surface area contributed by atoms with E-state index in [-0.39, 0.29) is 12.6 Å². The SMILES string of the molecule is CCOC(=O)c1c(C)n(-c2ccc(C)cc2)c2ccc(OC[C@H](O)Cn3nc(C)c(Br)c3C)cc12. The number of hydrogen-bond donors (Lipinski definition) is 1. The molecule has 2 heterocycles. The molecule has 0 aliphatic carbocycles. The van der Waals surface area contributed by atoms with E-state index in [2.05, 4.69) is 25.6 Å². The molecule has 8 heteroatoms. The van der Waals surface area contributed by atoms with Crippen LogP contribution in [-0.4, -0.2) is 44.7 Å². The molecule has 7 nitrogen and oxygen atoms in total. The molecule has 0 fully saturated rings. The highest BCUT2D eigenvalue weighted by Gasteiger charge is 2.23. The zero-order chi connectivity index (χ0) is 25.3. The maximum absolute atomic E-state index is 12.9. The van der Waals surface area contributed by atoms with Gasteiger partial charge in [0.15, 0.2) is 0 Å². The summed E-state index contributed by atoms with van der Waals surface area (Å²) in [4.78, 5) is 12.9. The molecule has 0 spiro atoms. The number of nitrogens with zero attached hydrogens (tertiary/aromatic N) is 3. The molecule has 1 atom stereocenters. The number of fused-ring (bicyclic) bond motifs is 1. The first-order valence-electron chi connectivity index (χ1n) is 11.6. The molecular weight excluding hydrogens is 510 g/mol. The molecule has 4 rings (SSSR count). The van der Waals surface area contributed by atoms with Crippen LogP contribution in [0.5, 0.6) is 5.75 Å². The maximum atomic E-state index is 12.9. The van der Waals surface area contributed by atoms with Crippen molar-refractivity contribution in [1.29, 1.82) is 0 Å². The van der Waals surface area contributed by atoms with Crippen molar-refractivity contribution in [2.75, 3.05) is 13.2 Å². The fourth-order valence-corrected chi connectivity index (χ4v) is 4.56. The second-order valence-corrected chi connectivity index (χ2v) is 9.46. The van der Waals surface area contributed by atoms with E-state index in [9.17, 15) is 9.90 Å². The third-order valence-electron chi connectivity index (χ3n) is 6.07. The molecule has 0 radical (unpaired) electrons. The number of aryl methyl sites for hydroxylation is 2. The quantitative estimate of drug-likeness (QED) is 0.301. The molecule has 0 amide bonds. The highest BCUT2D eigenvalue weighted by atomic mass is 79.9. The van der Waals surface area contributed by atoms with E-state index in [0.29, 0.717) is 24.5 Å². The van der Waals surface area contributed by atoms with Gasteiger partial charge in [-0.1, -0.05) is 17.7 Å². The van der Waals surface area contributed by atoms with E-state index < -0.39 is 6.10 Å². The van der Waals surface area contributed by atoms with Crippen LogP contribution < -0.4 is 4.74 Å². The lowest BCUT2D eigenvalue weighted by Gasteiger charge is -2.14. The van der Waals surface area contributed by atoms with Gasteiger partial charge in [-0.25, -0.2) is 4.79 Å². The van der Waals surface area contributed by atoms with Gasteiger partial charge in [0.2, 0.25) is 0 Å². The minimum absolute atomic E-state index is 0.0911. The Bertz CT molecular complexity index is 1370. The number of halogens is 1. The summed E-state index contributed by atoms with van der Waals surface area (Å²) >= 11 is 3.51. The number of esters is 1. The molecule has 2 aromatic heterocycles. The molecule has 1 N–H and O–H groups in total. The van der Waals surface area contributed by atoms with Gasteiger partial charge in [0.05, 0.1) is 34.4 Å². The molecule has 0 aliphatic rings. The summed E-state index contributed by atoms with van der Waals surface area (Å²) < 4.78 is 16.1. The van der Waals surface area contributed by atoms with Crippen LogP contribution in [0.25, 0.3) is 16.6 Å². The first kappa shape index (κ1) is 25.0. The summed E-state index contributed by atoms with van der Waals surface area (Å²) in [6, 6.07) is 13.8. The van der Waals surface area contributed by atoms with Gasteiger partial charge in [-0.05, 0) is 80.9 Å². The third-order valence-corrected chi connectivity index (χ3v) is 7.21. The predicted octanol–water partition coefficient (Wildman–Crippen LogP) is 5.44. The maximum Gasteiger partial charge on any atom is 0.340 e. The van der Waals surface area contributed by atoms with Gasteiger partial charge in [0, 0.05) is 22.5 Å². The molecule has 0 aliphatic heterocycles. The van der Waals surface area contributed by atoms with E-state index >= 15 is 0 Å². The van der Waals surface area contributed by atoms with E-state index in [0.717, 1.165) is 43.7 Å². The van der Waals surface area contributed by atoms with E-state index in [1.807, 2.05) is 70.2 Å². The summed E-state index contributed by atoms with van der Waals surface area (Å²) in [7, 11) is 0. The summed E-state index contributed by atoms with van der Waals surface area (Å²) in [5.74, 6) is 0.200. The molecule has 4 aromatic rings. The first-order valence-corrected chi connectivity index (χ1v) is 12.4. The fourth-order valence-electron chi connectivity index (χ4n) is 4.27. The topological polar surface area (TPSA) is 78.5 Å². The van der Waals surface area contributed by atoms with Gasteiger partial charge in [-0.2, -0.15) is 5.10 Å². The molecule has 0 bridgehead atoms. The largest absolute Gasteiger partial charge is 0.491 e. The number of aromatic nitrogens is 3. The van der Waals surface area contributed by atoms with Gasteiger partial charge in [-0.3, -0.25) is 4.68 Å². The van der Waals surface area contributed by atoms with Crippen molar-refractivity contribution in [3.63, 3.8) is 0 Å². The lowest BCUT2D eigenvalue weighted by molar-refractivity contribution is 0.0527. The normalized spacial score (nSPS) is 12.2. The van der Waals surface area contributed by atoms with Crippen molar-refractivity contribution >= 4 is 32.8 Å². The monoisotopic (exact) mass is 539 g/mol. The Kier molecular flexibility index (Phi) is 7.33. The molecule has 0 saturated carbocycles. The van der Waals surface area contributed by atoms with Gasteiger partial charge in [0.25, 0.3) is 0 Å². The molecule has 2 aromatic carbocycles. The molecular formula is C27H30BrN3O4. The highest BCUT2D eigenvalue weighted by Crippen LogP contribution is 2.33. The Morgan fingerprint density at radius 2 is 1.80 bits per heavy atom. The van der Waals surface area contributed by atoms with Crippen molar-refractivity contribution in [3.05, 3.63) is 75.1 Å². The average molecular weight is 540 g/mol. The zero-order valence-electron chi connectivity index (χ0n) is 20.6. The van der Waals surface area contributed by atoms with E-state index in [1.165, 1.54) is 0 Å². The standard InChI is InChI=1S/C27H30BrN3O4/c1-6-34-27(33)25-18(4)31(20-9-7-16(2)8-10-20)24-12-11-22(13-23(24)25)35-15-21(32)14-30-19(5)26(28)17(3)29-30/h7-13,21,32H,6,14-15H2,1-5H3/t21-/m1/s1. The van der Waals surface area contributed by atoms with Crippen molar-refractivity contribution < 1.29 is 19.4 Å². The van der Waals surface area contributed by atoms with Crippen molar-refractivity contribution in [2.24, 2.45) is 0 Å². The second-order valence-electron chi connectivity index (χ2n) is 8.66. The minimum Gasteiger partial charge on any atom is -0.491 e. The Morgan fingerprint density at radius 1 is 1.09 bits per heavy atom. The van der Waals surface area contributed by atoms with Crippen molar-refractivity contribution in [3.8, 4) is 11.4 Å². The van der Waals surface area contributed by atoms with Crippen LogP contribution in [0.1, 0.15) is 39.9 Å². The van der Waals surface area contributed by atoms with Gasteiger partial charge in [-0.15, -0.1) is 0 Å². The highest BCUT2D eigenvalue weighted by molar-refractivity contribution is 9.10. The number of carbonyl (C=O) groups is 1. The summed E-state index contributed by atoms with van der Waals surface area (Å²) in [6.45, 7) is 10.3. The lowest BCUT2D eigenvalue weighted by Crippen LogP contribution is -2.24. The van der Waals surface area contributed by atoms with Gasteiger partial charge in [0.1, 0.15) is 18.5 Å². The Morgan fingerprint density at radius 3 is 2.43 bits per heavy atom. The van der Waals surface area contributed by atoms with Crippen molar-refractivity contribution in [2.45, 2.75) is 47.3 Å². The molecule has 184 valence electrons. The van der Waals surface area contributed by atoms with Crippen LogP contribution in [0.3, 0.4) is 0 Å². The summed E-state index contributed by atoms with van der Waals surface area (Å²) in [5, 5.41) is 15.7. The third kappa shape index (κ3) is 4.99. The van der Waals surface area contributed by atoms with Gasteiger partial charge >= 0.3 is 5.97 Å². The fraction of sp³-hybridized carbons (Fsp3) is 0.333. The first-order chi connectivity index (χ1) is 16.7. The van der Waals surface area contributed by atoms with Crippen LogP contribution in [0.4, 0.5) is 0 Å². The van der Waals surface area contributed by atoms with Crippen LogP contribution in [0, 0.1) is 27.7 Å². The molecule has 0 saturated heterocycles. The number of hydrogen-bond acceptors (Lipinski definition) is 5. The van der Waals surface area contributed by atoms with Crippen molar-refractivity contribution in [1.82, 2.24) is 14.3 Å². The molecule has 35 heavy (non-hydrogen) atoms. The van der Waals surface area contributed by atoms with Crippen LogP contribution in [0.2, 0.25) is 0 Å². The smallest absolute Gasteiger partial charge is 0.340 e. The predicted molar refractivity (Wildman–Crippen MR) is 140 cm³/mol. The average Bonchev–Trinajstić information content (AvgIpc) is 3.25. The van der Waals surface area contributed by atoms with Crippen LogP contribution >= 0.6 is 15.9 Å². The number of aliphatic hydroxyl groups is 1. The molecule has 0 unspecified atom stereocenters. The second kappa shape index (κ2) is 10.3. The summed E-state index contributed by atoms with van der Waals surface area (Å²) in [6.07, 6.45) is -0.751. The number of aliphatic hydroxyl groups excluding tert-OH is 1.